The minimum Gasteiger partial charge on any atom is -0.497 e. The molecule has 27 heavy (non-hydrogen) atoms. The lowest BCUT2D eigenvalue weighted by Gasteiger charge is -2.19. The fraction of sp³-hybridized carbons (Fsp3) is 0.435. The highest BCUT2D eigenvalue weighted by Gasteiger charge is 2.20. The molecule has 1 saturated carbocycles. The number of hydrogen-bond donors (Lipinski definition) is 1. The van der Waals surface area contributed by atoms with E-state index in [1.165, 1.54) is 25.7 Å². The van der Waals surface area contributed by atoms with Crippen molar-refractivity contribution >= 4 is 5.91 Å². The minimum atomic E-state index is -0.0442. The van der Waals surface area contributed by atoms with Crippen molar-refractivity contribution in [2.75, 3.05) is 14.2 Å². The first-order valence-corrected chi connectivity index (χ1v) is 9.76. The van der Waals surface area contributed by atoms with Gasteiger partial charge in [-0.25, -0.2) is 0 Å². The number of nitrogens with one attached hydrogen (secondary N) is 1. The fourth-order valence-corrected chi connectivity index (χ4v) is 3.85. The number of carbonyl (C=O) groups excluding carboxylic acids is 1. The number of ether oxygens (including phenoxy) is 2. The molecule has 0 bridgehead atoms. The van der Waals surface area contributed by atoms with Crippen molar-refractivity contribution in [2.45, 2.75) is 51.5 Å². The Morgan fingerprint density at radius 2 is 1.59 bits per heavy atom. The van der Waals surface area contributed by atoms with Crippen LogP contribution in [0.3, 0.4) is 0 Å². The molecule has 1 amide bonds. The van der Waals surface area contributed by atoms with Gasteiger partial charge >= 0.3 is 0 Å². The second-order valence-corrected chi connectivity index (χ2v) is 7.26. The summed E-state index contributed by atoms with van der Waals surface area (Å²) in [4.78, 5) is 13.0. The Bertz CT molecular complexity index is 775. The quantitative estimate of drug-likeness (QED) is 0.745. The van der Waals surface area contributed by atoms with Crippen molar-refractivity contribution in [1.29, 1.82) is 0 Å². The van der Waals surface area contributed by atoms with Crippen LogP contribution >= 0.6 is 0 Å². The van der Waals surface area contributed by atoms with Crippen molar-refractivity contribution < 1.29 is 14.3 Å². The number of rotatable bonds is 5. The highest BCUT2D eigenvalue weighted by molar-refractivity contribution is 5.99. The fourth-order valence-electron chi connectivity index (χ4n) is 3.85. The maximum atomic E-state index is 13.0. The van der Waals surface area contributed by atoms with E-state index in [4.69, 9.17) is 9.47 Å². The van der Waals surface area contributed by atoms with E-state index in [2.05, 4.69) is 11.4 Å². The van der Waals surface area contributed by atoms with Crippen molar-refractivity contribution in [1.82, 2.24) is 5.32 Å². The molecule has 0 radical (unpaired) electrons. The molecule has 0 aliphatic heterocycles. The van der Waals surface area contributed by atoms with Crippen LogP contribution in [-0.2, 0) is 0 Å². The Balaban J connectivity index is 1.90. The van der Waals surface area contributed by atoms with Crippen LogP contribution < -0.4 is 14.8 Å². The molecule has 0 unspecified atom stereocenters. The zero-order chi connectivity index (χ0) is 19.2. The van der Waals surface area contributed by atoms with Crippen molar-refractivity contribution in [2.24, 2.45) is 0 Å². The predicted molar refractivity (Wildman–Crippen MR) is 109 cm³/mol. The summed E-state index contributed by atoms with van der Waals surface area (Å²) in [6.45, 7) is 1.98. The number of methoxy groups -OCH3 is 2. The average molecular weight is 367 g/mol. The summed E-state index contributed by atoms with van der Waals surface area (Å²) < 4.78 is 10.8. The van der Waals surface area contributed by atoms with Crippen LogP contribution in [0.15, 0.2) is 36.4 Å². The zero-order valence-electron chi connectivity index (χ0n) is 16.5. The van der Waals surface area contributed by atoms with Crippen LogP contribution in [0.5, 0.6) is 11.5 Å². The maximum absolute atomic E-state index is 13.0. The molecule has 0 saturated heterocycles. The van der Waals surface area contributed by atoms with Crippen molar-refractivity contribution in [3.8, 4) is 22.6 Å². The summed E-state index contributed by atoms with van der Waals surface area (Å²) in [5.74, 6) is 1.42. The van der Waals surface area contributed by atoms with Gasteiger partial charge in [-0.3, -0.25) is 4.79 Å². The van der Waals surface area contributed by atoms with Gasteiger partial charge in [-0.1, -0.05) is 37.8 Å². The monoisotopic (exact) mass is 367 g/mol. The molecule has 2 aromatic carbocycles. The second kappa shape index (κ2) is 8.94. The number of benzene rings is 2. The molecule has 1 N–H and O–H groups in total. The molecule has 3 rings (SSSR count). The van der Waals surface area contributed by atoms with Gasteiger partial charge in [-0.05, 0) is 60.7 Å². The largest absolute Gasteiger partial charge is 0.497 e. The average Bonchev–Trinajstić information content (AvgIpc) is 2.96. The molecule has 4 nitrogen and oxygen atoms in total. The van der Waals surface area contributed by atoms with Gasteiger partial charge < -0.3 is 14.8 Å². The Morgan fingerprint density at radius 3 is 2.19 bits per heavy atom. The van der Waals surface area contributed by atoms with Crippen molar-refractivity contribution in [3.05, 3.63) is 47.5 Å². The molecular formula is C23H29NO3. The van der Waals surface area contributed by atoms with E-state index < -0.39 is 0 Å². The van der Waals surface area contributed by atoms with Gasteiger partial charge in [0.25, 0.3) is 5.91 Å². The highest BCUT2D eigenvalue weighted by atomic mass is 16.5. The molecule has 1 fully saturated rings. The maximum Gasteiger partial charge on any atom is 0.255 e. The number of carbonyl (C=O) groups is 1. The summed E-state index contributed by atoms with van der Waals surface area (Å²) in [5.41, 5.74) is 3.61. The molecule has 144 valence electrons. The van der Waals surface area contributed by atoms with Crippen LogP contribution in [0, 0.1) is 6.92 Å². The van der Waals surface area contributed by atoms with E-state index in [1.54, 1.807) is 14.2 Å². The van der Waals surface area contributed by atoms with E-state index in [0.717, 1.165) is 35.3 Å². The van der Waals surface area contributed by atoms with Gasteiger partial charge in [0.15, 0.2) is 0 Å². The smallest absolute Gasteiger partial charge is 0.255 e. The van der Waals surface area contributed by atoms with Gasteiger partial charge in [0.2, 0.25) is 0 Å². The molecular weight excluding hydrogens is 338 g/mol. The predicted octanol–water partition coefficient (Wildman–Crippen LogP) is 5.13. The highest BCUT2D eigenvalue weighted by Crippen LogP contribution is 2.31. The summed E-state index contributed by atoms with van der Waals surface area (Å²) in [6, 6.07) is 12.1. The first kappa shape index (κ1) is 19.3. The van der Waals surface area contributed by atoms with Gasteiger partial charge in [0, 0.05) is 6.04 Å². The summed E-state index contributed by atoms with van der Waals surface area (Å²) in [5, 5.41) is 3.24. The van der Waals surface area contributed by atoms with Crippen LogP contribution in [0.25, 0.3) is 11.1 Å². The van der Waals surface area contributed by atoms with Crippen LogP contribution in [-0.4, -0.2) is 26.2 Å². The van der Waals surface area contributed by atoms with E-state index in [-0.39, 0.29) is 11.9 Å². The first-order valence-electron chi connectivity index (χ1n) is 9.76. The van der Waals surface area contributed by atoms with Gasteiger partial charge in [0.1, 0.15) is 11.5 Å². The van der Waals surface area contributed by atoms with E-state index >= 15 is 0 Å². The third kappa shape index (κ3) is 4.62. The van der Waals surface area contributed by atoms with E-state index in [9.17, 15) is 4.79 Å². The van der Waals surface area contributed by atoms with Crippen LogP contribution in [0.2, 0.25) is 0 Å². The Labute approximate surface area is 161 Å². The van der Waals surface area contributed by atoms with Gasteiger partial charge in [-0.2, -0.15) is 0 Å². The lowest BCUT2D eigenvalue weighted by molar-refractivity contribution is 0.0930. The Hall–Kier alpha value is -2.49. The SMILES string of the molecule is COc1ccc(-c2cc(C)c(OC)c(C(=O)NC3CCCCCC3)c2)cc1. The molecule has 1 aliphatic rings. The van der Waals surface area contributed by atoms with E-state index in [0.29, 0.717) is 11.3 Å². The third-order valence-electron chi connectivity index (χ3n) is 5.34. The number of amides is 1. The summed E-state index contributed by atoms with van der Waals surface area (Å²) in [7, 11) is 3.28. The minimum absolute atomic E-state index is 0.0442. The lowest BCUT2D eigenvalue weighted by Crippen LogP contribution is -2.34. The summed E-state index contributed by atoms with van der Waals surface area (Å²) >= 11 is 0. The van der Waals surface area contributed by atoms with E-state index in [1.807, 2.05) is 37.3 Å². The van der Waals surface area contributed by atoms with Gasteiger partial charge in [-0.15, -0.1) is 0 Å². The third-order valence-corrected chi connectivity index (χ3v) is 5.34. The first-order chi connectivity index (χ1) is 13.1. The standard InChI is InChI=1S/C23H29NO3/c1-16-14-18(17-10-12-20(26-2)13-11-17)15-21(22(16)27-3)23(25)24-19-8-6-4-5-7-9-19/h10-15,19H,4-9H2,1-3H3,(H,24,25). The molecule has 4 heteroatoms. The number of hydrogen-bond acceptors (Lipinski definition) is 3. The van der Waals surface area contributed by atoms with Crippen LogP contribution in [0.4, 0.5) is 0 Å². The summed E-state index contributed by atoms with van der Waals surface area (Å²) in [6.07, 6.45) is 7.03. The van der Waals surface area contributed by atoms with Crippen molar-refractivity contribution in [3.63, 3.8) is 0 Å². The second-order valence-electron chi connectivity index (χ2n) is 7.26. The molecule has 0 heterocycles. The van der Waals surface area contributed by atoms with Crippen LogP contribution in [0.1, 0.15) is 54.4 Å². The normalized spacial score (nSPS) is 15.1. The zero-order valence-corrected chi connectivity index (χ0v) is 16.5. The molecule has 0 spiro atoms. The molecule has 0 aromatic heterocycles. The lowest BCUT2D eigenvalue weighted by atomic mass is 9.98. The van der Waals surface area contributed by atoms with Gasteiger partial charge in [0.05, 0.1) is 19.8 Å². The molecule has 1 aliphatic carbocycles. The molecule has 0 atom stereocenters. The Kier molecular flexibility index (Phi) is 6.38. The molecule has 2 aromatic rings. The topological polar surface area (TPSA) is 47.6 Å². The number of aryl methyl sites for hydroxylation is 1. The Morgan fingerprint density at radius 1 is 0.926 bits per heavy atom.